The largest absolute Gasteiger partial charge is 0.389 e. The first-order valence-electron chi connectivity index (χ1n) is 5.32. The number of hydrogen-bond acceptors (Lipinski definition) is 5. The Morgan fingerprint density at radius 2 is 2.18 bits per heavy atom. The van der Waals surface area contributed by atoms with E-state index in [-0.39, 0.29) is 5.75 Å². The molecule has 0 bridgehead atoms. The first kappa shape index (κ1) is 13.9. The molecule has 96 valence electrons. The monoisotopic (exact) mass is 258 g/mol. The van der Waals surface area contributed by atoms with Gasteiger partial charge in [0, 0.05) is 26.0 Å². The number of aromatic nitrogens is 1. The smallest absolute Gasteiger partial charge is 0.149 e. The summed E-state index contributed by atoms with van der Waals surface area (Å²) in [6, 6.07) is 3.49. The molecule has 0 amide bonds. The first-order chi connectivity index (χ1) is 7.79. The van der Waals surface area contributed by atoms with Gasteiger partial charge in [0.15, 0.2) is 0 Å². The summed E-state index contributed by atoms with van der Waals surface area (Å²) in [5.74, 6) is 0.747. The third kappa shape index (κ3) is 4.70. The van der Waals surface area contributed by atoms with Gasteiger partial charge in [0.05, 0.1) is 11.9 Å². The van der Waals surface area contributed by atoms with Crippen molar-refractivity contribution in [3.8, 4) is 0 Å². The molecule has 0 saturated heterocycles. The number of pyridine rings is 1. The zero-order valence-electron chi connectivity index (χ0n) is 10.3. The lowest BCUT2D eigenvalue weighted by Gasteiger charge is -2.18. The number of hydrogen-bond donors (Lipinski definition) is 1. The molecule has 1 rings (SSSR count). The van der Waals surface area contributed by atoms with Crippen LogP contribution in [0.1, 0.15) is 18.6 Å². The zero-order valence-corrected chi connectivity index (χ0v) is 11.1. The number of rotatable bonds is 5. The molecule has 1 N–H and O–H groups in total. The molecule has 0 spiro atoms. The van der Waals surface area contributed by atoms with E-state index in [1.807, 2.05) is 0 Å². The number of anilines is 1. The van der Waals surface area contributed by atoms with Gasteiger partial charge in [-0.15, -0.1) is 0 Å². The molecule has 0 saturated carbocycles. The lowest BCUT2D eigenvalue weighted by molar-refractivity contribution is 0.199. The summed E-state index contributed by atoms with van der Waals surface area (Å²) in [7, 11) is -1.20. The van der Waals surface area contributed by atoms with E-state index in [2.05, 4.69) is 4.98 Å². The van der Waals surface area contributed by atoms with Gasteiger partial charge < -0.3 is 10.0 Å². The van der Waals surface area contributed by atoms with Gasteiger partial charge in [-0.2, -0.15) is 0 Å². The molecule has 0 radical (unpaired) electrons. The Morgan fingerprint density at radius 1 is 1.53 bits per heavy atom. The normalized spacial score (nSPS) is 13.4. The Bertz CT molecular complexity index is 471. The van der Waals surface area contributed by atoms with Crippen molar-refractivity contribution in [2.75, 3.05) is 30.5 Å². The minimum atomic E-state index is -2.97. The Kier molecular flexibility index (Phi) is 4.47. The predicted octanol–water partition coefficient (Wildman–Crippen LogP) is 0.616. The standard InChI is InChI=1S/C11H18N2O3S/c1-9(14)10-4-5-12-11(8-10)13(2)6-7-17(3,15)16/h4-5,8-9,14H,6-7H2,1-3H3/t9-/m0/s1. The zero-order chi connectivity index (χ0) is 13.1. The van der Waals surface area contributed by atoms with E-state index in [4.69, 9.17) is 0 Å². The van der Waals surface area contributed by atoms with Crippen molar-refractivity contribution in [3.05, 3.63) is 23.9 Å². The lowest BCUT2D eigenvalue weighted by atomic mass is 10.2. The average molecular weight is 258 g/mol. The Labute approximate surface area is 102 Å². The number of aliphatic hydroxyl groups excluding tert-OH is 1. The summed E-state index contributed by atoms with van der Waals surface area (Å²) in [5, 5.41) is 9.45. The van der Waals surface area contributed by atoms with Crippen LogP contribution in [0.25, 0.3) is 0 Å². The maximum absolute atomic E-state index is 11.1. The fourth-order valence-electron chi connectivity index (χ4n) is 1.32. The van der Waals surface area contributed by atoms with Crippen molar-refractivity contribution >= 4 is 15.7 Å². The second-order valence-electron chi connectivity index (χ2n) is 4.17. The number of nitrogens with zero attached hydrogens (tertiary/aromatic N) is 2. The van der Waals surface area contributed by atoms with Crippen LogP contribution in [0.2, 0.25) is 0 Å². The highest BCUT2D eigenvalue weighted by Gasteiger charge is 2.09. The van der Waals surface area contributed by atoms with E-state index < -0.39 is 15.9 Å². The van der Waals surface area contributed by atoms with Gasteiger partial charge in [0.2, 0.25) is 0 Å². The third-order valence-electron chi connectivity index (χ3n) is 2.44. The van der Waals surface area contributed by atoms with Crippen LogP contribution in [0.15, 0.2) is 18.3 Å². The fourth-order valence-corrected chi connectivity index (χ4v) is 1.93. The molecule has 5 nitrogen and oxygen atoms in total. The highest BCUT2D eigenvalue weighted by Crippen LogP contribution is 2.16. The third-order valence-corrected chi connectivity index (χ3v) is 3.36. The number of sulfone groups is 1. The molecule has 1 aromatic rings. The average Bonchev–Trinajstić information content (AvgIpc) is 2.25. The quantitative estimate of drug-likeness (QED) is 0.838. The van der Waals surface area contributed by atoms with Gasteiger partial charge in [-0.1, -0.05) is 0 Å². The minimum Gasteiger partial charge on any atom is -0.389 e. The predicted molar refractivity (Wildman–Crippen MR) is 67.9 cm³/mol. The highest BCUT2D eigenvalue weighted by molar-refractivity contribution is 7.90. The summed E-state index contributed by atoms with van der Waals surface area (Å²) in [4.78, 5) is 5.90. The van der Waals surface area contributed by atoms with E-state index in [1.54, 1.807) is 37.2 Å². The van der Waals surface area contributed by atoms with Crippen LogP contribution < -0.4 is 4.90 Å². The van der Waals surface area contributed by atoms with Crippen LogP contribution in [0, 0.1) is 0 Å². The minimum absolute atomic E-state index is 0.0874. The van der Waals surface area contributed by atoms with Crippen molar-refractivity contribution in [1.29, 1.82) is 0 Å². The van der Waals surface area contributed by atoms with Crippen LogP contribution in [0.4, 0.5) is 5.82 Å². The van der Waals surface area contributed by atoms with Crippen molar-refractivity contribution in [3.63, 3.8) is 0 Å². The summed E-state index contributed by atoms with van der Waals surface area (Å²) < 4.78 is 22.1. The maximum Gasteiger partial charge on any atom is 0.149 e. The molecular formula is C11H18N2O3S. The van der Waals surface area contributed by atoms with Crippen LogP contribution in [-0.2, 0) is 9.84 Å². The van der Waals surface area contributed by atoms with Crippen molar-refractivity contribution < 1.29 is 13.5 Å². The summed E-state index contributed by atoms with van der Waals surface area (Å²) in [5.41, 5.74) is 0.765. The molecule has 0 aromatic carbocycles. The molecule has 17 heavy (non-hydrogen) atoms. The van der Waals surface area contributed by atoms with E-state index in [0.717, 1.165) is 5.56 Å². The maximum atomic E-state index is 11.1. The fraction of sp³-hybridized carbons (Fsp3) is 0.545. The lowest BCUT2D eigenvalue weighted by Crippen LogP contribution is -2.25. The van der Waals surface area contributed by atoms with Gasteiger partial charge >= 0.3 is 0 Å². The topological polar surface area (TPSA) is 70.5 Å². The van der Waals surface area contributed by atoms with Crippen LogP contribution >= 0.6 is 0 Å². The summed E-state index contributed by atoms with van der Waals surface area (Å²) in [6.45, 7) is 2.06. The van der Waals surface area contributed by atoms with Gasteiger partial charge in [0.25, 0.3) is 0 Å². The Hall–Kier alpha value is -1.14. The molecular weight excluding hydrogens is 240 g/mol. The van der Waals surface area contributed by atoms with Gasteiger partial charge in [-0.25, -0.2) is 13.4 Å². The molecule has 6 heteroatoms. The second-order valence-corrected chi connectivity index (χ2v) is 6.43. The van der Waals surface area contributed by atoms with E-state index >= 15 is 0 Å². The van der Waals surface area contributed by atoms with Crippen molar-refractivity contribution in [2.24, 2.45) is 0 Å². The summed E-state index contributed by atoms with van der Waals surface area (Å²) >= 11 is 0. The van der Waals surface area contributed by atoms with Crippen LogP contribution in [0.3, 0.4) is 0 Å². The van der Waals surface area contributed by atoms with Crippen molar-refractivity contribution in [2.45, 2.75) is 13.0 Å². The SMILES string of the molecule is C[C@H](O)c1ccnc(N(C)CCS(C)(=O)=O)c1. The molecule has 0 aliphatic rings. The van der Waals surface area contributed by atoms with E-state index in [1.165, 1.54) is 6.26 Å². The van der Waals surface area contributed by atoms with Gasteiger partial charge in [-0.05, 0) is 24.6 Å². The van der Waals surface area contributed by atoms with E-state index in [9.17, 15) is 13.5 Å². The summed E-state index contributed by atoms with van der Waals surface area (Å²) in [6.07, 6.45) is 2.26. The van der Waals surface area contributed by atoms with Crippen molar-refractivity contribution in [1.82, 2.24) is 4.98 Å². The molecule has 1 aromatic heterocycles. The molecule has 1 heterocycles. The molecule has 0 aliphatic heterocycles. The van der Waals surface area contributed by atoms with Gasteiger partial charge in [-0.3, -0.25) is 0 Å². The second kappa shape index (κ2) is 5.46. The first-order valence-corrected chi connectivity index (χ1v) is 7.38. The Morgan fingerprint density at radius 3 is 2.71 bits per heavy atom. The Balaban J connectivity index is 2.75. The van der Waals surface area contributed by atoms with Crippen LogP contribution in [-0.4, -0.2) is 44.1 Å². The molecule has 1 atom stereocenters. The molecule has 0 fully saturated rings. The van der Waals surface area contributed by atoms with E-state index in [0.29, 0.717) is 12.4 Å². The van der Waals surface area contributed by atoms with Crippen LogP contribution in [0.5, 0.6) is 0 Å². The molecule has 0 aliphatic carbocycles. The van der Waals surface area contributed by atoms with Gasteiger partial charge in [0.1, 0.15) is 15.7 Å². The highest BCUT2D eigenvalue weighted by atomic mass is 32.2. The number of aliphatic hydroxyl groups is 1. The molecule has 0 unspecified atom stereocenters.